The number of carboxylic acid groups (broad SMARTS) is 1. The van der Waals surface area contributed by atoms with Crippen molar-refractivity contribution in [1.82, 2.24) is 16.0 Å². The molecule has 0 heterocycles. The van der Waals surface area contributed by atoms with Crippen LogP contribution < -0.4 is 21.7 Å². The Bertz CT molecular complexity index is 983. The van der Waals surface area contributed by atoms with Crippen LogP contribution in [0.2, 0.25) is 0 Å². The molecule has 2 aromatic carbocycles. The van der Waals surface area contributed by atoms with Crippen molar-refractivity contribution in [3.8, 4) is 5.75 Å². The number of phenols is 1. The number of phenolic OH excluding ortho intramolecular Hbond substituents is 1. The van der Waals surface area contributed by atoms with Gasteiger partial charge in [0.1, 0.15) is 23.9 Å². The minimum absolute atomic E-state index is 0.00688. The molecule has 3 amide bonds. The van der Waals surface area contributed by atoms with E-state index in [0.717, 1.165) is 0 Å². The van der Waals surface area contributed by atoms with E-state index in [1.807, 2.05) is 0 Å². The lowest BCUT2D eigenvalue weighted by molar-refractivity contribution is -0.142. The second-order valence-electron chi connectivity index (χ2n) is 7.53. The second-order valence-corrected chi connectivity index (χ2v) is 7.53. The number of aliphatic carboxylic acids is 1. The SMILES string of the molecule is NCC(=O)NC(CO)C(=O)NC(Cc1ccc(O)cc1)C(=O)NC(Cc1ccccc1)C(=O)O. The summed E-state index contributed by atoms with van der Waals surface area (Å²) in [6.45, 7) is -1.14. The molecular formula is C23H28N4O7. The number of aliphatic hydroxyl groups excluding tert-OH is 1. The van der Waals surface area contributed by atoms with E-state index in [9.17, 15) is 34.5 Å². The Morgan fingerprint density at radius 2 is 1.29 bits per heavy atom. The maximum absolute atomic E-state index is 13.0. The molecule has 0 aliphatic rings. The molecule has 2 rings (SSSR count). The van der Waals surface area contributed by atoms with Gasteiger partial charge in [0, 0.05) is 12.8 Å². The van der Waals surface area contributed by atoms with E-state index >= 15 is 0 Å². The molecule has 3 unspecified atom stereocenters. The van der Waals surface area contributed by atoms with Gasteiger partial charge in [-0.2, -0.15) is 0 Å². The number of aliphatic hydroxyl groups is 1. The zero-order valence-corrected chi connectivity index (χ0v) is 18.3. The average Bonchev–Trinajstić information content (AvgIpc) is 2.83. The number of benzene rings is 2. The Morgan fingerprint density at radius 1 is 0.765 bits per heavy atom. The summed E-state index contributed by atoms with van der Waals surface area (Å²) in [6.07, 6.45) is -0.0217. The fourth-order valence-electron chi connectivity index (χ4n) is 3.12. The highest BCUT2D eigenvalue weighted by molar-refractivity contribution is 5.93. The number of carboxylic acids is 1. The van der Waals surface area contributed by atoms with Crippen LogP contribution in [0.4, 0.5) is 0 Å². The van der Waals surface area contributed by atoms with Crippen molar-refractivity contribution in [3.63, 3.8) is 0 Å². The largest absolute Gasteiger partial charge is 0.508 e. The summed E-state index contributed by atoms with van der Waals surface area (Å²) in [4.78, 5) is 49.0. The molecule has 0 spiro atoms. The van der Waals surface area contributed by atoms with Crippen LogP contribution in [0.3, 0.4) is 0 Å². The minimum Gasteiger partial charge on any atom is -0.508 e. The van der Waals surface area contributed by atoms with Gasteiger partial charge in [-0.15, -0.1) is 0 Å². The standard InChI is InChI=1S/C23H28N4O7/c24-12-20(30)25-19(13-28)22(32)26-17(10-15-6-8-16(29)9-7-15)21(31)27-18(23(33)34)11-14-4-2-1-3-5-14/h1-9,17-19,28-29H,10-13,24H2,(H,25,30)(H,26,32)(H,27,31)(H,33,34). The van der Waals surface area contributed by atoms with Crippen LogP contribution in [-0.2, 0) is 32.0 Å². The zero-order chi connectivity index (χ0) is 25.1. The van der Waals surface area contributed by atoms with Crippen LogP contribution >= 0.6 is 0 Å². The molecular weight excluding hydrogens is 444 g/mol. The third-order valence-electron chi connectivity index (χ3n) is 4.93. The molecule has 11 nitrogen and oxygen atoms in total. The molecule has 8 N–H and O–H groups in total. The first-order valence-electron chi connectivity index (χ1n) is 10.5. The number of rotatable bonds is 12. The predicted molar refractivity (Wildman–Crippen MR) is 122 cm³/mol. The lowest BCUT2D eigenvalue weighted by atomic mass is 10.0. The first kappa shape index (κ1) is 26.3. The Balaban J connectivity index is 2.21. The van der Waals surface area contributed by atoms with Crippen LogP contribution in [0.15, 0.2) is 54.6 Å². The number of carbonyl (C=O) groups is 4. The Kier molecular flexibility index (Phi) is 9.99. The summed E-state index contributed by atoms with van der Waals surface area (Å²) in [7, 11) is 0. The van der Waals surface area contributed by atoms with Crippen molar-refractivity contribution in [2.45, 2.75) is 31.0 Å². The number of nitrogens with one attached hydrogen (secondary N) is 3. The number of carbonyl (C=O) groups excluding carboxylic acids is 3. The molecule has 0 aliphatic carbocycles. The fourth-order valence-corrected chi connectivity index (χ4v) is 3.12. The smallest absolute Gasteiger partial charge is 0.326 e. The van der Waals surface area contributed by atoms with E-state index < -0.39 is 55.0 Å². The van der Waals surface area contributed by atoms with Crippen molar-refractivity contribution in [3.05, 3.63) is 65.7 Å². The Morgan fingerprint density at radius 3 is 1.85 bits per heavy atom. The molecule has 0 fully saturated rings. The second kappa shape index (κ2) is 12.9. The van der Waals surface area contributed by atoms with Gasteiger partial charge in [-0.3, -0.25) is 14.4 Å². The van der Waals surface area contributed by atoms with Gasteiger partial charge in [0.15, 0.2) is 0 Å². The van der Waals surface area contributed by atoms with E-state index in [-0.39, 0.29) is 18.6 Å². The van der Waals surface area contributed by atoms with Gasteiger partial charge < -0.3 is 37.0 Å². The van der Waals surface area contributed by atoms with Crippen LogP contribution in [-0.4, -0.2) is 70.3 Å². The molecule has 0 aromatic heterocycles. The van der Waals surface area contributed by atoms with Crippen molar-refractivity contribution < 1.29 is 34.5 Å². The van der Waals surface area contributed by atoms with Crippen LogP contribution in [0.1, 0.15) is 11.1 Å². The van der Waals surface area contributed by atoms with E-state index in [1.165, 1.54) is 12.1 Å². The Labute approximate surface area is 196 Å². The lowest BCUT2D eigenvalue weighted by Gasteiger charge is -2.24. The van der Waals surface area contributed by atoms with Gasteiger partial charge in [-0.1, -0.05) is 42.5 Å². The van der Waals surface area contributed by atoms with E-state index in [1.54, 1.807) is 42.5 Å². The fraction of sp³-hybridized carbons (Fsp3) is 0.304. The summed E-state index contributed by atoms with van der Waals surface area (Å²) < 4.78 is 0. The topological polar surface area (TPSA) is 191 Å². The third kappa shape index (κ3) is 8.19. The highest BCUT2D eigenvalue weighted by Gasteiger charge is 2.29. The minimum atomic E-state index is -1.36. The summed E-state index contributed by atoms with van der Waals surface area (Å²) in [5.41, 5.74) is 6.48. The molecule has 11 heteroatoms. The van der Waals surface area contributed by atoms with Gasteiger partial charge in [0.05, 0.1) is 13.2 Å². The van der Waals surface area contributed by atoms with Crippen molar-refractivity contribution >= 4 is 23.7 Å². The molecule has 2 aromatic rings. The number of hydrogen-bond donors (Lipinski definition) is 7. The number of hydrogen-bond acceptors (Lipinski definition) is 7. The molecule has 0 saturated heterocycles. The van der Waals surface area contributed by atoms with Gasteiger partial charge in [-0.25, -0.2) is 4.79 Å². The van der Waals surface area contributed by atoms with Gasteiger partial charge in [-0.05, 0) is 23.3 Å². The van der Waals surface area contributed by atoms with E-state index in [0.29, 0.717) is 11.1 Å². The summed E-state index contributed by atoms with van der Waals surface area (Å²) in [6, 6.07) is 10.8. The summed E-state index contributed by atoms with van der Waals surface area (Å²) in [5, 5.41) is 35.7. The van der Waals surface area contributed by atoms with Gasteiger partial charge in [0.25, 0.3) is 0 Å². The number of amides is 3. The maximum Gasteiger partial charge on any atom is 0.326 e. The average molecular weight is 472 g/mol. The highest BCUT2D eigenvalue weighted by Crippen LogP contribution is 2.12. The van der Waals surface area contributed by atoms with E-state index in [2.05, 4.69) is 16.0 Å². The summed E-state index contributed by atoms with van der Waals surface area (Å²) >= 11 is 0. The van der Waals surface area contributed by atoms with Gasteiger partial charge >= 0.3 is 5.97 Å². The number of nitrogens with two attached hydrogens (primary N) is 1. The number of aromatic hydroxyl groups is 1. The van der Waals surface area contributed by atoms with Crippen molar-refractivity contribution in [1.29, 1.82) is 0 Å². The van der Waals surface area contributed by atoms with Crippen LogP contribution in [0.25, 0.3) is 0 Å². The molecule has 182 valence electrons. The van der Waals surface area contributed by atoms with Crippen molar-refractivity contribution in [2.24, 2.45) is 5.73 Å². The molecule has 0 radical (unpaired) electrons. The van der Waals surface area contributed by atoms with Crippen molar-refractivity contribution in [2.75, 3.05) is 13.2 Å². The molecule has 0 aliphatic heterocycles. The first-order chi connectivity index (χ1) is 16.2. The highest BCUT2D eigenvalue weighted by atomic mass is 16.4. The molecule has 3 atom stereocenters. The van der Waals surface area contributed by atoms with Crippen LogP contribution in [0, 0.1) is 0 Å². The normalized spacial score (nSPS) is 13.2. The Hall–Kier alpha value is -3.96. The molecule has 34 heavy (non-hydrogen) atoms. The zero-order valence-electron chi connectivity index (χ0n) is 18.3. The quantitative estimate of drug-likeness (QED) is 0.197. The van der Waals surface area contributed by atoms with E-state index in [4.69, 9.17) is 5.73 Å². The molecule has 0 bridgehead atoms. The van der Waals surface area contributed by atoms with Crippen LogP contribution in [0.5, 0.6) is 5.75 Å². The maximum atomic E-state index is 13.0. The lowest BCUT2D eigenvalue weighted by Crippen LogP contribution is -2.57. The summed E-state index contributed by atoms with van der Waals surface area (Å²) in [5.74, 6) is -3.55. The predicted octanol–water partition coefficient (Wildman–Crippen LogP) is -1.33. The monoisotopic (exact) mass is 472 g/mol. The molecule has 0 saturated carbocycles. The first-order valence-corrected chi connectivity index (χ1v) is 10.5. The third-order valence-corrected chi connectivity index (χ3v) is 4.93. The van der Waals surface area contributed by atoms with Gasteiger partial charge in [0.2, 0.25) is 17.7 Å².